The molecule has 0 saturated carbocycles. The van der Waals surface area contributed by atoms with E-state index in [1.54, 1.807) is 32.4 Å². The summed E-state index contributed by atoms with van der Waals surface area (Å²) in [5, 5.41) is 6.52. The number of benzene rings is 1. The van der Waals surface area contributed by atoms with E-state index in [1.807, 2.05) is 6.92 Å². The van der Waals surface area contributed by atoms with Gasteiger partial charge in [-0.15, -0.1) is 0 Å². The molecule has 6 nitrogen and oxygen atoms in total. The molecule has 0 aliphatic carbocycles. The number of para-hydroxylation sites is 1. The Labute approximate surface area is 156 Å². The number of methoxy groups -OCH3 is 1. The van der Waals surface area contributed by atoms with Crippen LogP contribution in [0.25, 0.3) is 0 Å². The molecule has 7 heteroatoms. The van der Waals surface area contributed by atoms with Crippen LogP contribution < -0.4 is 15.4 Å². The number of hydrogen-bond donors (Lipinski definition) is 2. The average molecular weight is 368 g/mol. The maximum Gasteiger partial charge on any atom is 0.191 e. The van der Waals surface area contributed by atoms with Gasteiger partial charge in [0.2, 0.25) is 0 Å². The zero-order chi connectivity index (χ0) is 19.2. The molecule has 0 fully saturated rings. The summed E-state index contributed by atoms with van der Waals surface area (Å²) < 4.78 is 24.5. The van der Waals surface area contributed by atoms with E-state index in [2.05, 4.69) is 27.6 Å². The van der Waals surface area contributed by atoms with Gasteiger partial charge in [0, 0.05) is 40.4 Å². The molecule has 0 heterocycles. The number of guanidine groups is 1. The summed E-state index contributed by atoms with van der Waals surface area (Å²) in [6.45, 7) is 6.03. The lowest BCUT2D eigenvalue weighted by Gasteiger charge is -2.21. The van der Waals surface area contributed by atoms with Crippen molar-refractivity contribution in [3.8, 4) is 5.75 Å². The third-order valence-corrected chi connectivity index (χ3v) is 3.98. The van der Waals surface area contributed by atoms with Gasteiger partial charge in [-0.3, -0.25) is 4.99 Å². The first-order valence-corrected chi connectivity index (χ1v) is 9.13. The van der Waals surface area contributed by atoms with E-state index >= 15 is 0 Å². The smallest absolute Gasteiger partial charge is 0.191 e. The molecule has 1 aromatic rings. The summed E-state index contributed by atoms with van der Waals surface area (Å²) in [6.07, 6.45) is 1.65. The zero-order valence-corrected chi connectivity index (χ0v) is 16.4. The number of likely N-dealkylation sites (N-methyl/N-ethyl adjacent to an activating group) is 1. The number of nitrogens with one attached hydrogen (secondary N) is 2. The van der Waals surface area contributed by atoms with Gasteiger partial charge in [-0.1, -0.05) is 19.1 Å². The van der Waals surface area contributed by atoms with Crippen LogP contribution in [0.4, 0.5) is 4.39 Å². The van der Waals surface area contributed by atoms with Gasteiger partial charge in [0.15, 0.2) is 17.5 Å². The summed E-state index contributed by atoms with van der Waals surface area (Å²) in [6, 6.07) is 6.46. The second-order valence-electron chi connectivity index (χ2n) is 6.11. The van der Waals surface area contributed by atoms with Crippen LogP contribution in [0.5, 0.6) is 5.75 Å². The SMILES string of the molecule is CCC(CNC(=NC)NCCN(C)CCCOC)Oc1ccccc1F. The third-order valence-electron chi connectivity index (χ3n) is 3.98. The highest BCUT2D eigenvalue weighted by Gasteiger charge is 2.12. The molecule has 26 heavy (non-hydrogen) atoms. The van der Waals surface area contributed by atoms with Gasteiger partial charge in [0.1, 0.15) is 6.10 Å². The van der Waals surface area contributed by atoms with Gasteiger partial charge in [0.25, 0.3) is 0 Å². The Morgan fingerprint density at radius 3 is 2.69 bits per heavy atom. The first kappa shape index (κ1) is 22.2. The van der Waals surface area contributed by atoms with Gasteiger partial charge in [-0.2, -0.15) is 0 Å². The number of aliphatic imine (C=N–C) groups is 1. The van der Waals surface area contributed by atoms with Crippen LogP contribution in [0.1, 0.15) is 19.8 Å². The maximum absolute atomic E-state index is 13.7. The largest absolute Gasteiger partial charge is 0.486 e. The van der Waals surface area contributed by atoms with Gasteiger partial charge in [0.05, 0.1) is 6.54 Å². The Hall–Kier alpha value is -1.86. The molecule has 1 aromatic carbocycles. The molecule has 1 rings (SSSR count). The minimum atomic E-state index is -0.343. The molecule has 2 N–H and O–H groups in total. The molecule has 0 radical (unpaired) electrons. The van der Waals surface area contributed by atoms with Crippen LogP contribution in [0.3, 0.4) is 0 Å². The van der Waals surface area contributed by atoms with Crippen molar-refractivity contribution >= 4 is 5.96 Å². The lowest BCUT2D eigenvalue weighted by atomic mass is 10.2. The predicted molar refractivity (Wildman–Crippen MR) is 104 cm³/mol. The fourth-order valence-corrected chi connectivity index (χ4v) is 2.38. The molecule has 0 bridgehead atoms. The molecular formula is C19H33FN4O2. The van der Waals surface area contributed by atoms with E-state index in [-0.39, 0.29) is 17.7 Å². The second kappa shape index (κ2) is 13.4. The zero-order valence-electron chi connectivity index (χ0n) is 16.4. The molecule has 1 unspecified atom stereocenters. The van der Waals surface area contributed by atoms with E-state index in [1.165, 1.54) is 6.07 Å². The highest BCUT2D eigenvalue weighted by Crippen LogP contribution is 2.17. The Balaban J connectivity index is 2.32. The van der Waals surface area contributed by atoms with Gasteiger partial charge in [-0.25, -0.2) is 4.39 Å². The first-order valence-electron chi connectivity index (χ1n) is 9.13. The Kier molecular flexibility index (Phi) is 11.4. The summed E-state index contributed by atoms with van der Waals surface area (Å²) in [4.78, 5) is 6.46. The van der Waals surface area contributed by atoms with Crippen molar-refractivity contribution in [2.75, 3.05) is 54.0 Å². The molecule has 0 aromatic heterocycles. The monoisotopic (exact) mass is 368 g/mol. The Morgan fingerprint density at radius 2 is 2.04 bits per heavy atom. The van der Waals surface area contributed by atoms with Crippen molar-refractivity contribution in [1.29, 1.82) is 0 Å². The molecule has 0 aliphatic rings. The van der Waals surface area contributed by atoms with E-state index < -0.39 is 0 Å². The van der Waals surface area contributed by atoms with E-state index in [9.17, 15) is 4.39 Å². The number of rotatable bonds is 12. The molecular weight excluding hydrogens is 335 g/mol. The molecule has 0 saturated heterocycles. The van der Waals surface area contributed by atoms with Crippen LogP contribution in [0.15, 0.2) is 29.3 Å². The fraction of sp³-hybridized carbons (Fsp3) is 0.632. The number of nitrogens with zero attached hydrogens (tertiary/aromatic N) is 2. The Bertz CT molecular complexity index is 528. The Morgan fingerprint density at radius 1 is 1.27 bits per heavy atom. The third kappa shape index (κ3) is 9.01. The van der Waals surface area contributed by atoms with Gasteiger partial charge in [-0.05, 0) is 32.0 Å². The van der Waals surface area contributed by atoms with Crippen molar-refractivity contribution in [3.63, 3.8) is 0 Å². The normalized spacial score (nSPS) is 12.9. The van der Waals surface area contributed by atoms with Crippen LogP contribution >= 0.6 is 0 Å². The topological polar surface area (TPSA) is 58.1 Å². The summed E-state index contributed by atoms with van der Waals surface area (Å²) in [5.41, 5.74) is 0. The minimum absolute atomic E-state index is 0.137. The number of hydrogen-bond acceptors (Lipinski definition) is 4. The van der Waals surface area contributed by atoms with Crippen LogP contribution in [0.2, 0.25) is 0 Å². The molecule has 1 atom stereocenters. The van der Waals surface area contributed by atoms with Crippen molar-refractivity contribution in [2.24, 2.45) is 4.99 Å². The quantitative estimate of drug-likeness (QED) is 0.336. The molecule has 148 valence electrons. The standard InChI is InChI=1S/C19H33FN4O2/c1-5-16(26-18-10-7-6-9-17(18)20)15-23-19(21-2)22-11-13-24(3)12-8-14-25-4/h6-7,9-10,16H,5,8,11-15H2,1-4H3,(H2,21,22,23). The lowest BCUT2D eigenvalue weighted by Crippen LogP contribution is -2.44. The molecule has 0 spiro atoms. The lowest BCUT2D eigenvalue weighted by molar-refractivity contribution is 0.180. The highest BCUT2D eigenvalue weighted by atomic mass is 19.1. The predicted octanol–water partition coefficient (Wildman–Crippen LogP) is 2.12. The fourth-order valence-electron chi connectivity index (χ4n) is 2.38. The average Bonchev–Trinajstić information content (AvgIpc) is 2.65. The summed E-state index contributed by atoms with van der Waals surface area (Å²) >= 11 is 0. The summed E-state index contributed by atoms with van der Waals surface area (Å²) in [7, 11) is 5.54. The summed E-state index contributed by atoms with van der Waals surface area (Å²) in [5.74, 6) is 0.651. The second-order valence-corrected chi connectivity index (χ2v) is 6.11. The molecule has 0 amide bonds. The minimum Gasteiger partial charge on any atom is -0.486 e. The van der Waals surface area contributed by atoms with Gasteiger partial charge < -0.3 is 25.0 Å². The number of halogens is 1. The van der Waals surface area contributed by atoms with E-state index in [4.69, 9.17) is 9.47 Å². The van der Waals surface area contributed by atoms with Crippen molar-refractivity contribution < 1.29 is 13.9 Å². The van der Waals surface area contributed by atoms with Gasteiger partial charge >= 0.3 is 0 Å². The van der Waals surface area contributed by atoms with Crippen molar-refractivity contribution in [3.05, 3.63) is 30.1 Å². The van der Waals surface area contributed by atoms with Crippen LogP contribution in [0, 0.1) is 5.82 Å². The van der Waals surface area contributed by atoms with Crippen molar-refractivity contribution in [1.82, 2.24) is 15.5 Å². The number of ether oxygens (including phenoxy) is 2. The van der Waals surface area contributed by atoms with E-state index in [0.717, 1.165) is 39.1 Å². The van der Waals surface area contributed by atoms with Crippen LogP contribution in [-0.2, 0) is 4.74 Å². The van der Waals surface area contributed by atoms with Crippen LogP contribution in [-0.4, -0.2) is 71.0 Å². The van der Waals surface area contributed by atoms with Crippen molar-refractivity contribution in [2.45, 2.75) is 25.9 Å². The van der Waals surface area contributed by atoms with E-state index in [0.29, 0.717) is 12.5 Å². The maximum atomic E-state index is 13.7. The first-order chi connectivity index (χ1) is 12.6. The molecule has 0 aliphatic heterocycles. The highest BCUT2D eigenvalue weighted by molar-refractivity contribution is 5.79.